The predicted molar refractivity (Wildman–Crippen MR) is 84.1 cm³/mol. The van der Waals surface area contributed by atoms with Gasteiger partial charge in [0.15, 0.2) is 5.78 Å². The maximum atomic E-state index is 12.5. The van der Waals surface area contributed by atoms with E-state index in [9.17, 15) is 15.0 Å². The van der Waals surface area contributed by atoms with Crippen molar-refractivity contribution in [3.63, 3.8) is 0 Å². The van der Waals surface area contributed by atoms with Crippen molar-refractivity contribution >= 4 is 5.78 Å². The van der Waals surface area contributed by atoms with Gasteiger partial charge in [-0.05, 0) is 80.5 Å². The summed E-state index contributed by atoms with van der Waals surface area (Å²) in [6.07, 6.45) is 7.43. The summed E-state index contributed by atoms with van der Waals surface area (Å²) in [4.78, 5) is 12.5. The first-order valence-electron chi connectivity index (χ1n) is 9.26. The molecule has 4 rings (SSSR count). The second-order valence-corrected chi connectivity index (χ2v) is 9.16. The topological polar surface area (TPSA) is 57.5 Å². The zero-order valence-electron chi connectivity index (χ0n) is 13.9. The fraction of sp³-hybridized carbons (Fsp3) is 0.947. The molecule has 4 aliphatic carbocycles. The average Bonchev–Trinajstić information content (AvgIpc) is 2.72. The molecule has 0 spiro atoms. The Hall–Kier alpha value is -0.410. The number of fused-ring (bicyclic) bond motifs is 5. The van der Waals surface area contributed by atoms with Gasteiger partial charge in [0.2, 0.25) is 0 Å². The molecule has 0 unspecified atom stereocenters. The molecule has 22 heavy (non-hydrogen) atoms. The molecule has 4 aliphatic rings. The number of Topliss-reactive ketones (excluding diaryl/α,β-unsaturated/α-hetero) is 1. The molecule has 0 aromatic rings. The molecule has 3 nitrogen and oxygen atoms in total. The molecule has 0 heterocycles. The molecule has 8 atom stereocenters. The molecular weight excluding hydrogens is 276 g/mol. The highest BCUT2D eigenvalue weighted by atomic mass is 16.3. The van der Waals surface area contributed by atoms with Gasteiger partial charge in [0.05, 0.1) is 6.10 Å². The van der Waals surface area contributed by atoms with Crippen LogP contribution >= 0.6 is 0 Å². The van der Waals surface area contributed by atoms with Crippen molar-refractivity contribution in [2.75, 3.05) is 0 Å². The van der Waals surface area contributed by atoms with Crippen LogP contribution in [0.5, 0.6) is 0 Å². The number of carbonyl (C=O) groups excluding carboxylic acids is 1. The molecule has 4 fully saturated rings. The predicted octanol–water partition coefficient (Wildman–Crippen LogP) is 2.93. The van der Waals surface area contributed by atoms with E-state index in [0.717, 1.165) is 32.1 Å². The van der Waals surface area contributed by atoms with Crippen molar-refractivity contribution in [2.45, 2.75) is 77.4 Å². The third-order valence-electron chi connectivity index (χ3n) is 8.37. The Labute approximate surface area is 133 Å². The summed E-state index contributed by atoms with van der Waals surface area (Å²) in [5.74, 6) is 2.45. The van der Waals surface area contributed by atoms with Crippen molar-refractivity contribution in [3.05, 3.63) is 0 Å². The number of aliphatic hydroxyl groups excluding tert-OH is 2. The second-order valence-electron chi connectivity index (χ2n) is 9.16. The Morgan fingerprint density at radius 3 is 2.50 bits per heavy atom. The van der Waals surface area contributed by atoms with Crippen molar-refractivity contribution < 1.29 is 15.0 Å². The number of carbonyl (C=O) groups is 1. The van der Waals surface area contributed by atoms with Crippen molar-refractivity contribution in [2.24, 2.45) is 34.5 Å². The molecule has 0 amide bonds. The van der Waals surface area contributed by atoms with E-state index < -0.39 is 6.10 Å². The van der Waals surface area contributed by atoms with Gasteiger partial charge in [-0.1, -0.05) is 13.8 Å². The van der Waals surface area contributed by atoms with Crippen LogP contribution in [0.4, 0.5) is 0 Å². The largest absolute Gasteiger partial charge is 0.393 e. The van der Waals surface area contributed by atoms with Crippen LogP contribution in [0.2, 0.25) is 0 Å². The van der Waals surface area contributed by atoms with Crippen LogP contribution in [0.25, 0.3) is 0 Å². The van der Waals surface area contributed by atoms with Crippen molar-refractivity contribution in [1.29, 1.82) is 0 Å². The minimum atomic E-state index is -0.715. The van der Waals surface area contributed by atoms with E-state index in [1.165, 1.54) is 12.8 Å². The highest BCUT2D eigenvalue weighted by Crippen LogP contribution is 2.65. The molecular formula is C19H30O3. The second kappa shape index (κ2) is 4.80. The number of aliphatic hydroxyl groups is 2. The van der Waals surface area contributed by atoms with Crippen LogP contribution in [0.15, 0.2) is 0 Å². The summed E-state index contributed by atoms with van der Waals surface area (Å²) < 4.78 is 0. The number of hydrogen-bond acceptors (Lipinski definition) is 3. The molecule has 3 heteroatoms. The molecule has 124 valence electrons. The van der Waals surface area contributed by atoms with E-state index >= 15 is 0 Å². The molecule has 0 aromatic heterocycles. The van der Waals surface area contributed by atoms with Gasteiger partial charge in [-0.25, -0.2) is 0 Å². The van der Waals surface area contributed by atoms with Gasteiger partial charge < -0.3 is 10.2 Å². The number of rotatable bonds is 0. The molecule has 0 aliphatic heterocycles. The van der Waals surface area contributed by atoms with Gasteiger partial charge in [-0.15, -0.1) is 0 Å². The lowest BCUT2D eigenvalue weighted by Gasteiger charge is -2.59. The van der Waals surface area contributed by atoms with Crippen LogP contribution in [0, 0.1) is 34.5 Å². The summed E-state index contributed by atoms with van der Waals surface area (Å²) in [6.45, 7) is 4.57. The zero-order chi connectivity index (χ0) is 15.7. The lowest BCUT2D eigenvalue weighted by atomic mass is 9.45. The fourth-order valence-corrected chi connectivity index (χ4v) is 7.02. The quantitative estimate of drug-likeness (QED) is 0.723. The van der Waals surface area contributed by atoms with Crippen LogP contribution in [0.1, 0.15) is 65.2 Å². The lowest BCUT2D eigenvalue weighted by Crippen LogP contribution is -2.54. The minimum Gasteiger partial charge on any atom is -0.393 e. The fourth-order valence-electron chi connectivity index (χ4n) is 7.02. The van der Waals surface area contributed by atoms with Gasteiger partial charge in [-0.2, -0.15) is 0 Å². The summed E-state index contributed by atoms with van der Waals surface area (Å²) >= 11 is 0. The summed E-state index contributed by atoms with van der Waals surface area (Å²) in [7, 11) is 0. The lowest BCUT2D eigenvalue weighted by molar-refractivity contribution is -0.144. The molecule has 4 saturated carbocycles. The Bertz CT molecular complexity index is 489. The standard InChI is InChI=1S/C19H30O3/c1-18-7-5-12(20)9-11(18)3-4-13-14(18)6-8-19(2)15(13)10-16(21)17(19)22/h11-16,20-21H,3-10H2,1-2H3/t11-,12+,13+,14+,15-,16+,18-,19-/m0/s1. The summed E-state index contributed by atoms with van der Waals surface area (Å²) in [5, 5.41) is 20.2. The number of hydrogen-bond donors (Lipinski definition) is 2. The van der Waals surface area contributed by atoms with E-state index in [2.05, 4.69) is 13.8 Å². The van der Waals surface area contributed by atoms with Gasteiger partial charge in [-0.3, -0.25) is 4.79 Å². The third kappa shape index (κ3) is 1.84. The zero-order valence-corrected chi connectivity index (χ0v) is 13.9. The first-order valence-corrected chi connectivity index (χ1v) is 9.26. The van der Waals surface area contributed by atoms with Crippen molar-refractivity contribution in [1.82, 2.24) is 0 Å². The van der Waals surface area contributed by atoms with E-state index in [0.29, 0.717) is 35.5 Å². The Morgan fingerprint density at radius 2 is 1.73 bits per heavy atom. The highest BCUT2D eigenvalue weighted by molar-refractivity contribution is 5.91. The van der Waals surface area contributed by atoms with E-state index in [1.807, 2.05) is 0 Å². The smallest absolute Gasteiger partial charge is 0.167 e. The van der Waals surface area contributed by atoms with Crippen LogP contribution in [0.3, 0.4) is 0 Å². The Kier molecular flexibility index (Phi) is 3.30. The van der Waals surface area contributed by atoms with Gasteiger partial charge in [0.25, 0.3) is 0 Å². The Morgan fingerprint density at radius 1 is 0.955 bits per heavy atom. The first-order chi connectivity index (χ1) is 10.4. The SMILES string of the molecule is C[C@]12CC[C@@H](O)C[C@@H]1CC[C@@H]1[C@H]2CC[C@]2(C)C(=O)[C@H](O)C[C@@H]12. The van der Waals surface area contributed by atoms with Gasteiger partial charge in [0, 0.05) is 5.41 Å². The van der Waals surface area contributed by atoms with E-state index in [-0.39, 0.29) is 17.3 Å². The normalized spacial score (nSPS) is 57.9. The molecule has 0 aromatic carbocycles. The highest BCUT2D eigenvalue weighted by Gasteiger charge is 2.62. The van der Waals surface area contributed by atoms with Gasteiger partial charge in [0.1, 0.15) is 6.10 Å². The maximum absolute atomic E-state index is 12.5. The van der Waals surface area contributed by atoms with E-state index in [4.69, 9.17) is 0 Å². The van der Waals surface area contributed by atoms with Crippen LogP contribution in [-0.2, 0) is 4.79 Å². The maximum Gasteiger partial charge on any atom is 0.167 e. The first kappa shape index (κ1) is 15.1. The van der Waals surface area contributed by atoms with Gasteiger partial charge >= 0.3 is 0 Å². The molecule has 0 bridgehead atoms. The Balaban J connectivity index is 1.64. The average molecular weight is 306 g/mol. The minimum absolute atomic E-state index is 0.0987. The summed E-state index contributed by atoms with van der Waals surface area (Å²) in [6, 6.07) is 0. The monoisotopic (exact) mass is 306 g/mol. The molecule has 0 radical (unpaired) electrons. The van der Waals surface area contributed by atoms with Crippen molar-refractivity contribution in [3.8, 4) is 0 Å². The molecule has 2 N–H and O–H groups in total. The van der Waals surface area contributed by atoms with Crippen LogP contribution in [-0.4, -0.2) is 28.2 Å². The number of ketones is 1. The third-order valence-corrected chi connectivity index (χ3v) is 8.37. The van der Waals surface area contributed by atoms with E-state index in [1.54, 1.807) is 0 Å². The molecule has 0 saturated heterocycles. The van der Waals surface area contributed by atoms with Crippen LogP contribution < -0.4 is 0 Å². The summed E-state index contributed by atoms with van der Waals surface area (Å²) in [5.41, 5.74) is 0.0814.